The van der Waals surface area contributed by atoms with Crippen LogP contribution in [0.5, 0.6) is 0 Å². The molecule has 13 heteroatoms. The lowest BCUT2D eigenvalue weighted by atomic mass is 9.89. The summed E-state index contributed by atoms with van der Waals surface area (Å²) < 4.78 is 66.7. The monoisotopic (exact) mass is 684 g/mol. The number of carbonyl (C=O) groups excluding carboxylic acids is 1. The number of fused-ring (bicyclic) bond motifs is 1. The maximum Gasteiger partial charge on any atom is 0.303 e. The second-order valence-electron chi connectivity index (χ2n) is 10.8. The number of hydrogen-bond donors (Lipinski definition) is 4. The Kier molecular flexibility index (Phi) is 12.1. The van der Waals surface area contributed by atoms with Crippen LogP contribution in [0, 0.1) is 11.6 Å². The van der Waals surface area contributed by atoms with E-state index >= 15 is 0 Å². The Labute approximate surface area is 278 Å². The molecule has 0 fully saturated rings. The van der Waals surface area contributed by atoms with Gasteiger partial charge in [0, 0.05) is 37.5 Å². The number of benzene rings is 3. The number of ether oxygens (including phenoxy) is 3. The van der Waals surface area contributed by atoms with E-state index in [2.05, 4.69) is 0 Å². The number of rotatable bonds is 12. The highest BCUT2D eigenvalue weighted by Gasteiger charge is 2.31. The van der Waals surface area contributed by atoms with Crippen LogP contribution in [-0.2, 0) is 25.4 Å². The molecule has 0 spiro atoms. The summed E-state index contributed by atoms with van der Waals surface area (Å²) in [5, 5.41) is 9.28. The van der Waals surface area contributed by atoms with Crippen molar-refractivity contribution in [2.24, 2.45) is 5.73 Å². The molecule has 0 aliphatic heterocycles. The van der Waals surface area contributed by atoms with Crippen molar-refractivity contribution < 1.29 is 46.8 Å². The Hall–Kier alpha value is -4.53. The van der Waals surface area contributed by atoms with Crippen LogP contribution in [0.25, 0.3) is 16.5 Å². The Bertz CT molecular complexity index is 1820. The normalized spacial score (nSPS) is 15.1. The van der Waals surface area contributed by atoms with Gasteiger partial charge in [-0.25, -0.2) is 12.8 Å². The van der Waals surface area contributed by atoms with Crippen LogP contribution in [0.1, 0.15) is 41.4 Å². The smallest absolute Gasteiger partial charge is 0.303 e. The number of carbonyl (C=O) groups is 2. The van der Waals surface area contributed by atoms with Crippen LogP contribution in [-0.4, -0.2) is 63.6 Å². The number of methoxy groups -OCH3 is 2. The number of aliphatic carboxylic acids is 1. The van der Waals surface area contributed by atoms with Crippen LogP contribution in [0.3, 0.4) is 0 Å². The molecule has 1 atom stereocenters. The van der Waals surface area contributed by atoms with Gasteiger partial charge < -0.3 is 25.1 Å². The van der Waals surface area contributed by atoms with Crippen molar-refractivity contribution in [3.63, 3.8) is 0 Å². The molecule has 4 aromatic rings. The zero-order valence-corrected chi connectivity index (χ0v) is 27.5. The quantitative estimate of drug-likeness (QED) is 0.124. The van der Waals surface area contributed by atoms with E-state index in [0.717, 1.165) is 56.6 Å². The van der Waals surface area contributed by atoms with Gasteiger partial charge in [0.15, 0.2) is 16.5 Å². The summed E-state index contributed by atoms with van der Waals surface area (Å²) in [5.74, 6) is -3.20. The summed E-state index contributed by atoms with van der Waals surface area (Å²) in [4.78, 5) is 21.4. The van der Waals surface area contributed by atoms with Crippen molar-refractivity contribution in [2.45, 2.75) is 37.2 Å². The largest absolute Gasteiger partial charge is 0.496 e. The van der Waals surface area contributed by atoms with Crippen LogP contribution in [0.15, 0.2) is 95.1 Å². The number of allylic oxidation sites excluding steroid dienone is 1. The lowest BCUT2D eigenvalue weighted by Crippen LogP contribution is -2.21. The first-order chi connectivity index (χ1) is 22.9. The fraction of sp³-hybridized carbons (Fsp3) is 0.257. The average Bonchev–Trinajstić information content (AvgIpc) is 3.47. The third-order valence-corrected chi connectivity index (χ3v) is 9.47. The highest BCUT2D eigenvalue weighted by molar-refractivity contribution is 8.23. The van der Waals surface area contributed by atoms with Gasteiger partial charge in [0.05, 0.1) is 25.3 Å². The molecule has 48 heavy (non-hydrogen) atoms. The molecule has 1 heterocycles. The van der Waals surface area contributed by atoms with Gasteiger partial charge in [-0.3, -0.25) is 18.7 Å². The van der Waals surface area contributed by atoms with Crippen molar-refractivity contribution in [1.82, 2.24) is 3.97 Å². The number of nitrogens with zero attached hydrogens (tertiary/aromatic N) is 1. The molecular formula is C35H38F2N2O8S. The summed E-state index contributed by atoms with van der Waals surface area (Å²) in [5.41, 5.74) is 9.42. The molecule has 0 saturated heterocycles. The van der Waals surface area contributed by atoms with E-state index in [1.54, 1.807) is 32.4 Å². The van der Waals surface area contributed by atoms with Crippen LogP contribution in [0.4, 0.5) is 8.78 Å². The molecule has 1 aromatic heterocycles. The van der Waals surface area contributed by atoms with Gasteiger partial charge in [-0.15, -0.1) is 0 Å². The molecule has 10 nitrogen and oxygen atoms in total. The number of aryl methyl sites for hydroxylation is 1. The van der Waals surface area contributed by atoms with E-state index in [1.807, 2.05) is 37.3 Å². The number of carboxylic acids is 1. The first-order valence-electron chi connectivity index (χ1n) is 14.9. The summed E-state index contributed by atoms with van der Waals surface area (Å²) in [6.07, 6.45) is 3.35. The zero-order chi connectivity index (χ0) is 35.0. The molecule has 0 bridgehead atoms. The fourth-order valence-corrected chi connectivity index (χ4v) is 7.07. The van der Waals surface area contributed by atoms with Crippen LogP contribution in [0.2, 0.25) is 0 Å². The Morgan fingerprint density at radius 1 is 1.00 bits per heavy atom. The minimum atomic E-state index is -4.19. The number of halogens is 2. The number of para-hydroxylation sites is 1. The zero-order valence-electron chi connectivity index (χ0n) is 26.7. The van der Waals surface area contributed by atoms with Gasteiger partial charge in [0.25, 0.3) is 5.91 Å². The van der Waals surface area contributed by atoms with Gasteiger partial charge in [-0.2, -0.15) is 0 Å². The van der Waals surface area contributed by atoms with E-state index in [9.17, 15) is 27.5 Å². The molecule has 5 rings (SSSR count). The highest BCUT2D eigenvalue weighted by atomic mass is 32.3. The minimum Gasteiger partial charge on any atom is -0.496 e. The van der Waals surface area contributed by atoms with E-state index in [0.29, 0.717) is 25.0 Å². The van der Waals surface area contributed by atoms with E-state index in [-0.39, 0.29) is 23.7 Å². The van der Waals surface area contributed by atoms with E-state index < -0.39 is 39.2 Å². The lowest BCUT2D eigenvalue weighted by Gasteiger charge is -2.35. The fourth-order valence-electron chi connectivity index (χ4n) is 5.37. The Balaban J connectivity index is 0.000000217. The third-order valence-electron chi connectivity index (χ3n) is 7.63. The molecule has 256 valence electrons. The molecule has 5 N–H and O–H groups in total. The van der Waals surface area contributed by atoms with Gasteiger partial charge >= 0.3 is 5.97 Å². The second kappa shape index (κ2) is 16.0. The van der Waals surface area contributed by atoms with Gasteiger partial charge in [0.1, 0.15) is 11.5 Å². The Morgan fingerprint density at radius 3 is 2.25 bits per heavy atom. The summed E-state index contributed by atoms with van der Waals surface area (Å²) in [6, 6.07) is 18.6. The molecule has 1 aliphatic rings. The van der Waals surface area contributed by atoms with Crippen molar-refractivity contribution >= 4 is 39.1 Å². The summed E-state index contributed by atoms with van der Waals surface area (Å²) in [6.45, 7) is 3.22. The predicted molar refractivity (Wildman–Crippen MR) is 180 cm³/mol. The number of nitrogens with two attached hydrogens (primary N) is 1. The van der Waals surface area contributed by atoms with Crippen molar-refractivity contribution in [2.75, 3.05) is 27.4 Å². The lowest BCUT2D eigenvalue weighted by molar-refractivity contribution is -0.136. The van der Waals surface area contributed by atoms with E-state index in [1.165, 1.54) is 12.1 Å². The van der Waals surface area contributed by atoms with Crippen LogP contribution >= 0.6 is 10.8 Å². The molecule has 3 aromatic carbocycles. The van der Waals surface area contributed by atoms with E-state index in [4.69, 9.17) is 25.1 Å². The van der Waals surface area contributed by atoms with Crippen molar-refractivity contribution in [3.05, 3.63) is 119 Å². The second-order valence-corrected chi connectivity index (χ2v) is 12.6. The maximum absolute atomic E-state index is 14.0. The average molecular weight is 685 g/mol. The summed E-state index contributed by atoms with van der Waals surface area (Å²) in [7, 11) is -0.840. The SMILES string of the molecule is CCOCC1=CC(OC)=C(c2ccc(CCC(=O)O)cc2)C(OC)C1.NC(=O)c1cc2ccccc2n1S(O)(O)c1c(F)cccc1F. The topological polar surface area (TPSA) is 153 Å². The molecule has 1 amide bonds. The molecule has 0 radical (unpaired) electrons. The van der Waals surface area contributed by atoms with Crippen LogP contribution < -0.4 is 5.73 Å². The third kappa shape index (κ3) is 8.12. The Morgan fingerprint density at radius 2 is 1.67 bits per heavy atom. The first-order valence-corrected chi connectivity index (χ1v) is 16.5. The van der Waals surface area contributed by atoms with Crippen molar-refractivity contribution in [1.29, 1.82) is 0 Å². The predicted octanol–water partition coefficient (Wildman–Crippen LogP) is 7.03. The van der Waals surface area contributed by atoms with Crippen molar-refractivity contribution in [3.8, 4) is 0 Å². The summed E-state index contributed by atoms with van der Waals surface area (Å²) >= 11 is 0. The number of amides is 1. The molecule has 0 saturated carbocycles. The maximum atomic E-state index is 14.0. The molecule has 1 unspecified atom stereocenters. The standard InChI is InChI=1S/C20H26O5.C15H12F2N2O3S/c1-4-25-13-15-11-17(23-2)20(18(12-15)24-3)16-8-5-14(6-9-16)7-10-19(21)22;16-10-5-3-6-11(17)14(10)23(21,22)19-12-7-2-1-4-9(12)8-13(19)15(18)20/h5-6,8-9,11,18H,4,7,10,12-13H2,1-3H3,(H,21,22);1-8,21-22H,(H2,18,20). The molecule has 1 aliphatic carbocycles. The minimum absolute atomic E-state index is 0.0970. The number of carboxylic acid groups (broad SMARTS) is 1. The number of aromatic nitrogens is 1. The number of primary amides is 1. The van der Waals surface area contributed by atoms with Gasteiger partial charge in [-0.05, 0) is 60.4 Å². The van der Waals surface area contributed by atoms with Gasteiger partial charge in [-0.1, -0.05) is 59.3 Å². The highest BCUT2D eigenvalue weighted by Crippen LogP contribution is 2.54. The van der Waals surface area contributed by atoms with Gasteiger partial charge in [0.2, 0.25) is 0 Å². The number of hydrogen-bond acceptors (Lipinski definition) is 7. The molecular weight excluding hydrogens is 646 g/mol. The first kappa shape index (κ1) is 36.3.